The van der Waals surface area contributed by atoms with Gasteiger partial charge in [0.05, 0.1) is 24.6 Å². The highest BCUT2D eigenvalue weighted by molar-refractivity contribution is 7.09. The van der Waals surface area contributed by atoms with Gasteiger partial charge in [-0.25, -0.2) is 4.98 Å². The molecule has 0 aliphatic heterocycles. The summed E-state index contributed by atoms with van der Waals surface area (Å²) in [6.07, 6.45) is 0.703. The number of nitrogens with zero attached hydrogens (tertiary/aromatic N) is 1. The number of halogens is 1. The second-order valence-corrected chi connectivity index (χ2v) is 5.82. The van der Waals surface area contributed by atoms with Gasteiger partial charge in [-0.2, -0.15) is 0 Å². The van der Waals surface area contributed by atoms with Crippen molar-refractivity contribution < 1.29 is 14.3 Å². The van der Waals surface area contributed by atoms with E-state index in [-0.39, 0.29) is 30.7 Å². The summed E-state index contributed by atoms with van der Waals surface area (Å²) in [6.45, 7) is 0.490. The molecule has 0 bridgehead atoms. The molecule has 0 saturated carbocycles. The fraction of sp³-hybridized carbons (Fsp3) is 0.312. The first kappa shape index (κ1) is 20.1. The number of hydrogen-bond acceptors (Lipinski definition) is 6. The van der Waals surface area contributed by atoms with Gasteiger partial charge in [0, 0.05) is 11.8 Å². The van der Waals surface area contributed by atoms with E-state index in [9.17, 15) is 9.59 Å². The van der Waals surface area contributed by atoms with E-state index in [1.165, 1.54) is 18.4 Å². The van der Waals surface area contributed by atoms with Crippen molar-refractivity contribution in [3.8, 4) is 0 Å². The smallest absolute Gasteiger partial charge is 0.307 e. The molecule has 1 amide bonds. The molecule has 1 aromatic carbocycles. The first-order valence-electron chi connectivity index (χ1n) is 7.21. The summed E-state index contributed by atoms with van der Waals surface area (Å²) in [6, 6.07) is 8.83. The summed E-state index contributed by atoms with van der Waals surface area (Å²) in [4.78, 5) is 28.2. The Balaban J connectivity index is 0.00000288. The number of ether oxygens (including phenoxy) is 1. The molecule has 1 atom stereocenters. The maximum atomic E-state index is 12.4. The van der Waals surface area contributed by atoms with Crippen molar-refractivity contribution >= 4 is 35.6 Å². The van der Waals surface area contributed by atoms with Gasteiger partial charge in [0.15, 0.2) is 0 Å². The Morgan fingerprint density at radius 2 is 2.04 bits per heavy atom. The number of amides is 1. The van der Waals surface area contributed by atoms with E-state index >= 15 is 0 Å². The second-order valence-electron chi connectivity index (χ2n) is 4.88. The summed E-state index contributed by atoms with van der Waals surface area (Å²) in [7, 11) is 1.33. The zero-order chi connectivity index (χ0) is 16.7. The first-order valence-corrected chi connectivity index (χ1v) is 8.09. The minimum absolute atomic E-state index is 0. The third-order valence-corrected chi connectivity index (χ3v) is 4.16. The largest absolute Gasteiger partial charge is 0.469 e. The van der Waals surface area contributed by atoms with Crippen LogP contribution >= 0.6 is 23.7 Å². The van der Waals surface area contributed by atoms with Crippen LogP contribution in [0.15, 0.2) is 35.7 Å². The molecule has 8 heteroatoms. The van der Waals surface area contributed by atoms with Crippen molar-refractivity contribution in [1.82, 2.24) is 10.3 Å². The number of carbonyl (C=O) groups excluding carboxylic acids is 2. The van der Waals surface area contributed by atoms with Crippen molar-refractivity contribution in [1.29, 1.82) is 0 Å². The van der Waals surface area contributed by atoms with E-state index in [2.05, 4.69) is 10.3 Å². The third-order valence-electron chi connectivity index (χ3n) is 3.25. The molecule has 0 spiro atoms. The molecule has 1 aromatic heterocycles. The van der Waals surface area contributed by atoms with Gasteiger partial charge in [0.25, 0.3) is 5.91 Å². The van der Waals surface area contributed by atoms with Crippen LogP contribution < -0.4 is 11.1 Å². The average molecular weight is 370 g/mol. The minimum atomic E-state index is -0.462. The van der Waals surface area contributed by atoms with E-state index in [1.807, 2.05) is 30.3 Å². The van der Waals surface area contributed by atoms with Crippen molar-refractivity contribution in [3.63, 3.8) is 0 Å². The van der Waals surface area contributed by atoms with Gasteiger partial charge < -0.3 is 15.8 Å². The molecular formula is C16H20ClN3O3S. The molecule has 1 unspecified atom stereocenters. The molecule has 3 N–H and O–H groups in total. The Morgan fingerprint density at radius 1 is 1.33 bits per heavy atom. The van der Waals surface area contributed by atoms with Crippen LogP contribution in [0.1, 0.15) is 33.5 Å². The number of methoxy groups -OCH3 is 1. The summed E-state index contributed by atoms with van der Waals surface area (Å²) in [5, 5.41) is 5.36. The Hall–Kier alpha value is -1.96. The molecule has 0 saturated heterocycles. The maximum absolute atomic E-state index is 12.4. The lowest BCUT2D eigenvalue weighted by molar-refractivity contribution is -0.141. The van der Waals surface area contributed by atoms with Crippen molar-refractivity contribution in [2.45, 2.75) is 18.9 Å². The number of benzene rings is 1. The van der Waals surface area contributed by atoms with Gasteiger partial charge >= 0.3 is 5.97 Å². The number of hydrogen-bond donors (Lipinski definition) is 2. The highest BCUT2D eigenvalue weighted by Gasteiger charge is 2.20. The molecule has 24 heavy (non-hydrogen) atoms. The van der Waals surface area contributed by atoms with Crippen LogP contribution in [0.2, 0.25) is 0 Å². The zero-order valence-corrected chi connectivity index (χ0v) is 14.9. The van der Waals surface area contributed by atoms with Gasteiger partial charge in [0.2, 0.25) is 0 Å². The fourth-order valence-electron chi connectivity index (χ4n) is 2.07. The predicted molar refractivity (Wildman–Crippen MR) is 95.4 cm³/mol. The van der Waals surface area contributed by atoms with Crippen molar-refractivity contribution in [3.05, 3.63) is 52.0 Å². The van der Waals surface area contributed by atoms with Crippen LogP contribution in [0.3, 0.4) is 0 Å². The molecule has 0 fully saturated rings. The topological polar surface area (TPSA) is 94.3 Å². The number of thiazole rings is 1. The van der Waals surface area contributed by atoms with E-state index in [4.69, 9.17) is 10.5 Å². The number of nitrogens with one attached hydrogen (secondary N) is 1. The van der Waals surface area contributed by atoms with E-state index < -0.39 is 6.04 Å². The third kappa shape index (κ3) is 5.59. The average Bonchev–Trinajstić information content (AvgIpc) is 3.04. The second kappa shape index (κ2) is 10.0. The van der Waals surface area contributed by atoms with Crippen LogP contribution in [-0.2, 0) is 16.0 Å². The number of carbonyl (C=O) groups is 2. The van der Waals surface area contributed by atoms with Crippen molar-refractivity contribution in [2.24, 2.45) is 5.73 Å². The van der Waals surface area contributed by atoms with Crippen LogP contribution in [0.5, 0.6) is 0 Å². The SMILES string of the molecule is COC(=O)CC(NC(=O)c1csc(CCN)n1)c1ccccc1.Cl. The molecule has 2 rings (SSSR count). The van der Waals surface area contributed by atoms with Crippen LogP contribution in [-0.4, -0.2) is 30.5 Å². The summed E-state index contributed by atoms with van der Waals surface area (Å²) < 4.78 is 4.71. The minimum Gasteiger partial charge on any atom is -0.469 e. The summed E-state index contributed by atoms with van der Waals surface area (Å²) >= 11 is 1.40. The summed E-state index contributed by atoms with van der Waals surface area (Å²) in [5.74, 6) is -0.705. The van der Waals surface area contributed by atoms with Gasteiger partial charge in [-0.3, -0.25) is 9.59 Å². The Bertz CT molecular complexity index is 664. The van der Waals surface area contributed by atoms with E-state index in [1.54, 1.807) is 5.38 Å². The Morgan fingerprint density at radius 3 is 2.67 bits per heavy atom. The highest BCUT2D eigenvalue weighted by atomic mass is 35.5. The Labute approximate surface area is 150 Å². The standard InChI is InChI=1S/C16H19N3O3S.ClH/c1-22-15(20)9-12(11-5-3-2-4-6-11)19-16(21)13-10-23-14(18-13)7-8-17;/h2-6,10,12H,7-9,17H2,1H3,(H,19,21);1H. The molecular weight excluding hydrogens is 350 g/mol. The summed E-state index contributed by atoms with van der Waals surface area (Å²) in [5.41, 5.74) is 6.66. The lowest BCUT2D eigenvalue weighted by Crippen LogP contribution is -2.30. The molecule has 0 aliphatic carbocycles. The number of esters is 1. The Kier molecular flexibility index (Phi) is 8.39. The van der Waals surface area contributed by atoms with Crippen LogP contribution in [0, 0.1) is 0 Å². The van der Waals surface area contributed by atoms with E-state index in [0.29, 0.717) is 18.7 Å². The number of nitrogens with two attached hydrogens (primary N) is 1. The predicted octanol–water partition coefficient (Wildman–Crippen LogP) is 2.10. The molecule has 2 aromatic rings. The fourth-order valence-corrected chi connectivity index (χ4v) is 2.87. The van der Waals surface area contributed by atoms with Gasteiger partial charge in [-0.1, -0.05) is 30.3 Å². The number of rotatable bonds is 7. The number of aromatic nitrogens is 1. The molecule has 0 radical (unpaired) electrons. The first-order chi connectivity index (χ1) is 11.1. The van der Waals surface area contributed by atoms with Crippen molar-refractivity contribution in [2.75, 3.05) is 13.7 Å². The van der Waals surface area contributed by atoms with Crippen LogP contribution in [0.25, 0.3) is 0 Å². The molecule has 0 aliphatic rings. The van der Waals surface area contributed by atoms with Crippen LogP contribution in [0.4, 0.5) is 0 Å². The molecule has 6 nitrogen and oxygen atoms in total. The lowest BCUT2D eigenvalue weighted by atomic mass is 10.0. The monoisotopic (exact) mass is 369 g/mol. The zero-order valence-electron chi connectivity index (χ0n) is 13.2. The van der Waals surface area contributed by atoms with Gasteiger partial charge in [0.1, 0.15) is 5.69 Å². The lowest BCUT2D eigenvalue weighted by Gasteiger charge is -2.17. The normalized spacial score (nSPS) is 11.2. The molecule has 130 valence electrons. The maximum Gasteiger partial charge on any atom is 0.307 e. The van der Waals surface area contributed by atoms with Gasteiger partial charge in [-0.05, 0) is 12.1 Å². The van der Waals surface area contributed by atoms with Gasteiger partial charge in [-0.15, -0.1) is 23.7 Å². The van der Waals surface area contributed by atoms with E-state index in [0.717, 1.165) is 10.6 Å². The molecule has 1 heterocycles. The quantitative estimate of drug-likeness (QED) is 0.729. The highest BCUT2D eigenvalue weighted by Crippen LogP contribution is 2.18.